The van der Waals surface area contributed by atoms with Crippen molar-refractivity contribution in [2.75, 3.05) is 19.3 Å². The summed E-state index contributed by atoms with van der Waals surface area (Å²) in [6.07, 6.45) is 2.52. The molecular weight excluding hydrogens is 292 g/mol. The number of sulfonamides is 1. The van der Waals surface area contributed by atoms with Crippen molar-refractivity contribution in [3.8, 4) is 0 Å². The van der Waals surface area contributed by atoms with E-state index in [0.29, 0.717) is 19.4 Å². The van der Waals surface area contributed by atoms with E-state index in [9.17, 15) is 13.2 Å². The lowest BCUT2D eigenvalue weighted by molar-refractivity contribution is -0.139. The minimum Gasteiger partial charge on any atom is -0.272 e. The maximum Gasteiger partial charge on any atom is 0.247 e. The minimum absolute atomic E-state index is 0.222. The second kappa shape index (κ2) is 7.02. The Kier molecular flexibility index (Phi) is 5.33. The molecule has 1 aliphatic heterocycles. The van der Waals surface area contributed by atoms with Crippen LogP contribution in [0.2, 0.25) is 0 Å². The molecule has 1 aromatic carbocycles. The van der Waals surface area contributed by atoms with Gasteiger partial charge in [0.05, 0.1) is 18.8 Å². The summed E-state index contributed by atoms with van der Waals surface area (Å²) in [6, 6.07) is 9.50. The molecule has 0 saturated carbocycles. The van der Waals surface area contributed by atoms with Crippen molar-refractivity contribution < 1.29 is 18.0 Å². The summed E-state index contributed by atoms with van der Waals surface area (Å²) >= 11 is 0. The fourth-order valence-corrected chi connectivity index (χ4v) is 3.22. The summed E-state index contributed by atoms with van der Waals surface area (Å²) in [5, 5.41) is 0. The predicted molar refractivity (Wildman–Crippen MR) is 78.5 cm³/mol. The van der Waals surface area contributed by atoms with E-state index in [1.165, 1.54) is 10.6 Å². The van der Waals surface area contributed by atoms with Crippen LogP contribution >= 0.6 is 0 Å². The van der Waals surface area contributed by atoms with Crippen LogP contribution in [0.1, 0.15) is 18.4 Å². The van der Waals surface area contributed by atoms with Crippen molar-refractivity contribution in [2.45, 2.75) is 19.4 Å². The number of rotatable bonds is 5. The van der Waals surface area contributed by atoms with Gasteiger partial charge in [0, 0.05) is 13.1 Å². The average molecular weight is 312 g/mol. The molecule has 0 bridgehead atoms. The third kappa shape index (κ3) is 4.80. The smallest absolute Gasteiger partial charge is 0.247 e. The summed E-state index contributed by atoms with van der Waals surface area (Å²) in [7, 11) is -3.24. The van der Waals surface area contributed by atoms with Gasteiger partial charge in [-0.25, -0.2) is 18.2 Å². The zero-order valence-electron chi connectivity index (χ0n) is 12.0. The molecule has 21 heavy (non-hydrogen) atoms. The van der Waals surface area contributed by atoms with Crippen LogP contribution in [0.4, 0.5) is 0 Å². The van der Waals surface area contributed by atoms with E-state index in [1.54, 1.807) is 0 Å². The molecule has 116 valence electrons. The lowest BCUT2D eigenvalue weighted by atomic mass is 9.99. The fraction of sp³-hybridized carbons (Fsp3) is 0.500. The number of benzene rings is 1. The molecule has 1 N–H and O–H groups in total. The van der Waals surface area contributed by atoms with Crippen LogP contribution in [0.25, 0.3) is 0 Å². The molecule has 0 unspecified atom stereocenters. The fourth-order valence-electron chi connectivity index (χ4n) is 2.31. The number of nitrogens with one attached hydrogen (secondary N) is 1. The lowest BCUT2D eigenvalue weighted by Gasteiger charge is -2.29. The number of hydroxylamine groups is 1. The highest BCUT2D eigenvalue weighted by Gasteiger charge is 2.30. The van der Waals surface area contributed by atoms with Gasteiger partial charge in [0.25, 0.3) is 0 Å². The van der Waals surface area contributed by atoms with Gasteiger partial charge in [-0.2, -0.15) is 0 Å². The maximum atomic E-state index is 12.0. The van der Waals surface area contributed by atoms with Crippen LogP contribution in [0.3, 0.4) is 0 Å². The van der Waals surface area contributed by atoms with Gasteiger partial charge in [0.2, 0.25) is 15.9 Å². The van der Waals surface area contributed by atoms with Gasteiger partial charge in [-0.05, 0) is 18.4 Å². The summed E-state index contributed by atoms with van der Waals surface area (Å²) in [5.41, 5.74) is 3.37. The Morgan fingerprint density at radius 3 is 2.76 bits per heavy atom. The first kappa shape index (κ1) is 15.9. The average Bonchev–Trinajstić information content (AvgIpc) is 2.47. The van der Waals surface area contributed by atoms with E-state index in [1.807, 2.05) is 30.3 Å². The Hall–Kier alpha value is -1.44. The number of carbonyl (C=O) groups is 1. The number of piperidine rings is 1. The number of amides is 1. The highest BCUT2D eigenvalue weighted by Crippen LogP contribution is 2.18. The van der Waals surface area contributed by atoms with Gasteiger partial charge in [0.1, 0.15) is 0 Å². The standard InChI is InChI=1S/C14H20N2O4S/c1-21(18,19)16-9-5-8-13(10-16)14(17)15-20-11-12-6-3-2-4-7-12/h2-4,6-7,13H,5,8-11H2,1H3,(H,15,17)/t13-/m1/s1. The van der Waals surface area contributed by atoms with Crippen LogP contribution in [-0.2, 0) is 26.3 Å². The molecule has 0 radical (unpaired) electrons. The Morgan fingerprint density at radius 2 is 2.10 bits per heavy atom. The Bertz CT molecular complexity index is 574. The first-order chi connectivity index (χ1) is 9.97. The van der Waals surface area contributed by atoms with Crippen LogP contribution in [0.15, 0.2) is 30.3 Å². The quantitative estimate of drug-likeness (QED) is 0.820. The molecule has 1 saturated heterocycles. The van der Waals surface area contributed by atoms with Crippen LogP contribution < -0.4 is 5.48 Å². The largest absolute Gasteiger partial charge is 0.272 e. The Labute approximate surface area is 125 Å². The first-order valence-corrected chi connectivity index (χ1v) is 8.72. The van der Waals surface area contributed by atoms with Crippen molar-refractivity contribution in [3.05, 3.63) is 35.9 Å². The molecule has 2 rings (SSSR count). The summed E-state index contributed by atoms with van der Waals surface area (Å²) in [5.74, 6) is -0.622. The number of hydrogen-bond donors (Lipinski definition) is 1. The highest BCUT2D eigenvalue weighted by molar-refractivity contribution is 7.88. The van der Waals surface area contributed by atoms with E-state index < -0.39 is 10.0 Å². The molecule has 1 heterocycles. The molecule has 1 atom stereocenters. The van der Waals surface area contributed by atoms with Crippen LogP contribution in [-0.4, -0.2) is 38.0 Å². The molecular formula is C14H20N2O4S. The van der Waals surface area contributed by atoms with Crippen LogP contribution in [0.5, 0.6) is 0 Å². The molecule has 7 heteroatoms. The zero-order valence-corrected chi connectivity index (χ0v) is 12.8. The number of nitrogens with zero attached hydrogens (tertiary/aromatic N) is 1. The molecule has 1 fully saturated rings. The van der Waals surface area contributed by atoms with Gasteiger partial charge in [0.15, 0.2) is 0 Å². The van der Waals surface area contributed by atoms with Crippen molar-refractivity contribution in [1.82, 2.24) is 9.79 Å². The predicted octanol–water partition coefficient (Wildman–Crippen LogP) is 0.906. The third-order valence-corrected chi connectivity index (χ3v) is 4.75. The van der Waals surface area contributed by atoms with E-state index in [-0.39, 0.29) is 25.0 Å². The van der Waals surface area contributed by atoms with Crippen molar-refractivity contribution in [2.24, 2.45) is 5.92 Å². The van der Waals surface area contributed by atoms with Gasteiger partial charge in [-0.3, -0.25) is 9.63 Å². The molecule has 0 aliphatic carbocycles. The van der Waals surface area contributed by atoms with E-state index in [4.69, 9.17) is 4.84 Å². The number of hydrogen-bond acceptors (Lipinski definition) is 4. The lowest BCUT2D eigenvalue weighted by Crippen LogP contribution is -2.45. The van der Waals surface area contributed by atoms with E-state index in [0.717, 1.165) is 5.56 Å². The molecule has 1 aliphatic rings. The minimum atomic E-state index is -3.24. The van der Waals surface area contributed by atoms with Gasteiger partial charge < -0.3 is 0 Å². The van der Waals surface area contributed by atoms with Gasteiger partial charge in [-0.15, -0.1) is 0 Å². The number of carbonyl (C=O) groups excluding carboxylic acids is 1. The Balaban J connectivity index is 1.80. The van der Waals surface area contributed by atoms with Crippen molar-refractivity contribution in [1.29, 1.82) is 0 Å². The third-order valence-electron chi connectivity index (χ3n) is 3.48. The molecule has 1 amide bonds. The molecule has 6 nitrogen and oxygen atoms in total. The summed E-state index contributed by atoms with van der Waals surface area (Å²) in [6.45, 7) is 0.988. The topological polar surface area (TPSA) is 75.7 Å². The Morgan fingerprint density at radius 1 is 1.38 bits per heavy atom. The van der Waals surface area contributed by atoms with Gasteiger partial charge >= 0.3 is 0 Å². The first-order valence-electron chi connectivity index (χ1n) is 6.87. The maximum absolute atomic E-state index is 12.0. The SMILES string of the molecule is CS(=O)(=O)N1CCC[C@@H](C(=O)NOCc2ccccc2)C1. The van der Waals surface area contributed by atoms with E-state index >= 15 is 0 Å². The second-order valence-corrected chi connectivity index (χ2v) is 7.18. The monoisotopic (exact) mass is 312 g/mol. The normalized spacial score (nSPS) is 20.1. The van der Waals surface area contributed by atoms with Gasteiger partial charge in [-0.1, -0.05) is 30.3 Å². The van der Waals surface area contributed by atoms with E-state index in [2.05, 4.69) is 5.48 Å². The second-order valence-electron chi connectivity index (χ2n) is 5.20. The molecule has 0 spiro atoms. The van der Waals surface area contributed by atoms with Crippen molar-refractivity contribution >= 4 is 15.9 Å². The molecule has 1 aromatic rings. The zero-order chi connectivity index (χ0) is 15.3. The summed E-state index contributed by atoms with van der Waals surface area (Å²) in [4.78, 5) is 17.2. The van der Waals surface area contributed by atoms with Crippen LogP contribution in [0, 0.1) is 5.92 Å². The summed E-state index contributed by atoms with van der Waals surface area (Å²) < 4.78 is 24.4. The molecule has 0 aromatic heterocycles. The van der Waals surface area contributed by atoms with Crippen molar-refractivity contribution in [3.63, 3.8) is 0 Å². The highest BCUT2D eigenvalue weighted by atomic mass is 32.2.